The zero-order valence-electron chi connectivity index (χ0n) is 16.9. The smallest absolute Gasteiger partial charge is 0.221 e. The molecule has 2 aromatic rings. The summed E-state index contributed by atoms with van der Waals surface area (Å²) in [6.45, 7) is 9.21. The zero-order valence-corrected chi connectivity index (χ0v) is 16.9. The first kappa shape index (κ1) is 19.9. The molecule has 0 saturated carbocycles. The van der Waals surface area contributed by atoms with Crippen molar-refractivity contribution in [2.45, 2.75) is 39.3 Å². The number of amides is 2. The van der Waals surface area contributed by atoms with E-state index in [4.69, 9.17) is 0 Å². The Morgan fingerprint density at radius 1 is 0.964 bits per heavy atom. The predicted molar refractivity (Wildman–Crippen MR) is 114 cm³/mol. The number of hydrogen-bond donors (Lipinski definition) is 3. The van der Waals surface area contributed by atoms with Gasteiger partial charge in [0.15, 0.2) is 0 Å². The molecule has 6 heteroatoms. The number of piperazine rings is 1. The van der Waals surface area contributed by atoms with Crippen molar-refractivity contribution in [2.24, 2.45) is 0 Å². The van der Waals surface area contributed by atoms with Gasteiger partial charge in [0.05, 0.1) is 5.54 Å². The van der Waals surface area contributed by atoms with Crippen LogP contribution in [0.15, 0.2) is 48.5 Å². The third kappa shape index (κ3) is 4.02. The molecule has 1 fully saturated rings. The Balaban J connectivity index is 1.93. The normalized spacial score (nSPS) is 21.9. The highest BCUT2D eigenvalue weighted by Crippen LogP contribution is 2.38. The third-order valence-electron chi connectivity index (χ3n) is 5.48. The summed E-state index contributed by atoms with van der Waals surface area (Å²) in [6.07, 6.45) is 0. The SMILES string of the molecule is CC(=O)Nc1ccc(N2CCNC(C)C2(C)c2ccc(NC(C)=O)cc2)cc1. The van der Waals surface area contributed by atoms with Crippen LogP contribution >= 0.6 is 0 Å². The number of anilines is 3. The van der Waals surface area contributed by atoms with Crippen molar-refractivity contribution in [3.8, 4) is 0 Å². The van der Waals surface area contributed by atoms with E-state index in [1.54, 1.807) is 0 Å². The van der Waals surface area contributed by atoms with Gasteiger partial charge in [0.2, 0.25) is 11.8 Å². The van der Waals surface area contributed by atoms with Crippen molar-refractivity contribution in [3.63, 3.8) is 0 Å². The van der Waals surface area contributed by atoms with Crippen molar-refractivity contribution in [3.05, 3.63) is 54.1 Å². The molecular formula is C22H28N4O2. The maximum atomic E-state index is 11.3. The molecule has 2 atom stereocenters. The first-order valence-electron chi connectivity index (χ1n) is 9.57. The lowest BCUT2D eigenvalue weighted by atomic mass is 9.81. The Bertz CT molecular complexity index is 848. The first-order valence-corrected chi connectivity index (χ1v) is 9.57. The summed E-state index contributed by atoms with van der Waals surface area (Å²) in [7, 11) is 0. The van der Waals surface area contributed by atoms with Crippen LogP contribution in [0.4, 0.5) is 17.1 Å². The second-order valence-corrected chi connectivity index (χ2v) is 7.46. The van der Waals surface area contributed by atoms with Crippen molar-refractivity contribution in [2.75, 3.05) is 28.6 Å². The minimum atomic E-state index is -0.261. The van der Waals surface area contributed by atoms with Gasteiger partial charge in [0.1, 0.15) is 0 Å². The molecule has 0 aromatic heterocycles. The van der Waals surface area contributed by atoms with Crippen LogP contribution in [0.3, 0.4) is 0 Å². The fourth-order valence-corrected chi connectivity index (χ4v) is 3.88. The molecule has 3 N–H and O–H groups in total. The summed E-state index contributed by atoms with van der Waals surface area (Å²) in [5.41, 5.74) is 3.61. The lowest BCUT2D eigenvalue weighted by Crippen LogP contribution is -2.63. The topological polar surface area (TPSA) is 73.5 Å². The summed E-state index contributed by atoms with van der Waals surface area (Å²) in [5, 5.41) is 9.22. The molecule has 1 heterocycles. The Hall–Kier alpha value is -2.86. The monoisotopic (exact) mass is 380 g/mol. The number of carbonyl (C=O) groups is 2. The van der Waals surface area contributed by atoms with Crippen molar-refractivity contribution < 1.29 is 9.59 Å². The molecule has 2 unspecified atom stereocenters. The molecule has 0 bridgehead atoms. The van der Waals surface area contributed by atoms with Crippen LogP contribution in [0.5, 0.6) is 0 Å². The molecule has 0 radical (unpaired) electrons. The maximum absolute atomic E-state index is 11.3. The van der Waals surface area contributed by atoms with E-state index in [2.05, 4.69) is 46.8 Å². The maximum Gasteiger partial charge on any atom is 0.221 e. The van der Waals surface area contributed by atoms with Crippen LogP contribution in [0.25, 0.3) is 0 Å². The Morgan fingerprint density at radius 3 is 1.96 bits per heavy atom. The van der Waals surface area contributed by atoms with Gasteiger partial charge in [-0.2, -0.15) is 0 Å². The Labute approximate surface area is 166 Å². The molecule has 2 aromatic carbocycles. The van der Waals surface area contributed by atoms with Gasteiger partial charge in [-0.25, -0.2) is 0 Å². The highest BCUT2D eigenvalue weighted by Gasteiger charge is 2.41. The molecule has 148 valence electrons. The molecule has 28 heavy (non-hydrogen) atoms. The number of nitrogens with zero attached hydrogens (tertiary/aromatic N) is 1. The van der Waals surface area contributed by atoms with Gasteiger partial charge >= 0.3 is 0 Å². The lowest BCUT2D eigenvalue weighted by Gasteiger charge is -2.51. The molecule has 1 aliphatic heterocycles. The van der Waals surface area contributed by atoms with E-state index in [0.29, 0.717) is 0 Å². The van der Waals surface area contributed by atoms with Gasteiger partial charge in [-0.3, -0.25) is 9.59 Å². The van der Waals surface area contributed by atoms with Gasteiger partial charge in [-0.1, -0.05) is 12.1 Å². The summed E-state index contributed by atoms with van der Waals surface area (Å²) in [6, 6.07) is 16.2. The fourth-order valence-electron chi connectivity index (χ4n) is 3.88. The van der Waals surface area contributed by atoms with E-state index < -0.39 is 0 Å². The Kier molecular flexibility index (Phi) is 5.70. The van der Waals surface area contributed by atoms with Gasteiger partial charge in [0.25, 0.3) is 0 Å². The average Bonchev–Trinajstić information content (AvgIpc) is 2.64. The van der Waals surface area contributed by atoms with Crippen LogP contribution < -0.4 is 20.9 Å². The van der Waals surface area contributed by atoms with Crippen LogP contribution in [-0.4, -0.2) is 30.9 Å². The van der Waals surface area contributed by atoms with Crippen LogP contribution in [0.2, 0.25) is 0 Å². The second-order valence-electron chi connectivity index (χ2n) is 7.46. The zero-order chi connectivity index (χ0) is 20.3. The summed E-state index contributed by atoms with van der Waals surface area (Å²) >= 11 is 0. The van der Waals surface area contributed by atoms with Gasteiger partial charge in [-0.05, 0) is 55.8 Å². The van der Waals surface area contributed by atoms with E-state index >= 15 is 0 Å². The van der Waals surface area contributed by atoms with Crippen LogP contribution in [0.1, 0.15) is 33.3 Å². The second kappa shape index (κ2) is 8.02. The molecule has 6 nitrogen and oxygen atoms in total. The number of hydrogen-bond acceptors (Lipinski definition) is 4. The van der Waals surface area contributed by atoms with Gasteiger partial charge in [0, 0.05) is 50.0 Å². The van der Waals surface area contributed by atoms with Crippen molar-refractivity contribution in [1.82, 2.24) is 5.32 Å². The van der Waals surface area contributed by atoms with E-state index in [0.717, 1.165) is 30.2 Å². The quantitative estimate of drug-likeness (QED) is 0.761. The number of rotatable bonds is 4. The number of carbonyl (C=O) groups excluding carboxylic acids is 2. The lowest BCUT2D eigenvalue weighted by molar-refractivity contribution is -0.115. The summed E-state index contributed by atoms with van der Waals surface area (Å²) in [4.78, 5) is 25.0. The molecule has 0 spiro atoms. The van der Waals surface area contributed by atoms with E-state index in [-0.39, 0.29) is 23.4 Å². The minimum absolute atomic E-state index is 0.0763. The first-order chi connectivity index (χ1) is 13.3. The predicted octanol–water partition coefficient (Wildman–Crippen LogP) is 3.32. The third-order valence-corrected chi connectivity index (χ3v) is 5.48. The molecular weight excluding hydrogens is 352 g/mol. The largest absolute Gasteiger partial charge is 0.359 e. The van der Waals surface area contributed by atoms with Gasteiger partial charge in [-0.15, -0.1) is 0 Å². The Morgan fingerprint density at radius 2 is 1.46 bits per heavy atom. The highest BCUT2D eigenvalue weighted by molar-refractivity contribution is 5.89. The molecule has 1 aliphatic rings. The standard InChI is InChI=1S/C22H28N4O2/c1-15-22(4,18-5-7-19(8-6-18)24-16(2)27)26(14-13-23-15)21-11-9-20(10-12-21)25-17(3)28/h5-12,15,23H,13-14H2,1-4H3,(H,24,27)(H,25,28). The number of nitrogens with one attached hydrogen (secondary N) is 3. The van der Waals surface area contributed by atoms with Crippen molar-refractivity contribution >= 4 is 28.9 Å². The number of benzene rings is 2. The van der Waals surface area contributed by atoms with Gasteiger partial charge < -0.3 is 20.9 Å². The van der Waals surface area contributed by atoms with Crippen LogP contribution in [0, 0.1) is 0 Å². The molecule has 2 amide bonds. The fraction of sp³-hybridized carbons (Fsp3) is 0.364. The summed E-state index contributed by atoms with van der Waals surface area (Å²) in [5.74, 6) is -0.153. The van der Waals surface area contributed by atoms with E-state index in [1.807, 2.05) is 36.4 Å². The highest BCUT2D eigenvalue weighted by atomic mass is 16.2. The molecule has 0 aliphatic carbocycles. The van der Waals surface area contributed by atoms with Crippen LogP contribution in [-0.2, 0) is 15.1 Å². The molecule has 1 saturated heterocycles. The minimum Gasteiger partial charge on any atom is -0.359 e. The molecule has 3 rings (SSSR count). The average molecular weight is 380 g/mol. The van der Waals surface area contributed by atoms with Crippen molar-refractivity contribution in [1.29, 1.82) is 0 Å². The van der Waals surface area contributed by atoms with E-state index in [9.17, 15) is 9.59 Å². The summed E-state index contributed by atoms with van der Waals surface area (Å²) < 4.78 is 0. The van der Waals surface area contributed by atoms with E-state index in [1.165, 1.54) is 19.4 Å².